The summed E-state index contributed by atoms with van der Waals surface area (Å²) >= 11 is 6.37. The Morgan fingerprint density at radius 2 is 2.00 bits per heavy atom. The van der Waals surface area contributed by atoms with Crippen molar-refractivity contribution in [3.63, 3.8) is 0 Å². The number of likely N-dealkylation sites (N-methyl/N-ethyl adjacent to an activating group) is 1. The Morgan fingerprint density at radius 1 is 1.25 bits per heavy atom. The minimum Gasteiger partial charge on any atom is -0.355 e. The highest BCUT2D eigenvalue weighted by Crippen LogP contribution is 2.26. The first-order chi connectivity index (χ1) is 13.5. The summed E-state index contributed by atoms with van der Waals surface area (Å²) in [6.07, 6.45) is 6.47. The van der Waals surface area contributed by atoms with Crippen molar-refractivity contribution in [1.82, 2.24) is 24.9 Å². The van der Waals surface area contributed by atoms with Crippen molar-refractivity contribution in [3.05, 3.63) is 16.4 Å². The van der Waals surface area contributed by atoms with Crippen LogP contribution in [0.1, 0.15) is 56.7 Å². The molecule has 1 aromatic heterocycles. The molecule has 2 fully saturated rings. The first-order valence-electron chi connectivity index (χ1n) is 10.9. The number of piperidine rings is 1. The fraction of sp³-hybridized carbons (Fsp3) is 0.810. The van der Waals surface area contributed by atoms with Gasteiger partial charge >= 0.3 is 0 Å². The average molecular weight is 410 g/mol. The van der Waals surface area contributed by atoms with E-state index in [0.717, 1.165) is 68.4 Å². The summed E-state index contributed by atoms with van der Waals surface area (Å²) in [6.45, 7) is 10.3. The molecule has 0 radical (unpaired) electrons. The van der Waals surface area contributed by atoms with Gasteiger partial charge in [0, 0.05) is 38.2 Å². The van der Waals surface area contributed by atoms with Gasteiger partial charge in [-0.25, -0.2) is 0 Å². The van der Waals surface area contributed by atoms with Gasteiger partial charge in [-0.1, -0.05) is 18.5 Å². The van der Waals surface area contributed by atoms with Gasteiger partial charge in [0.1, 0.15) is 5.15 Å². The summed E-state index contributed by atoms with van der Waals surface area (Å²) in [5.74, 6) is 0.884. The number of hydrogen-bond acceptors (Lipinski definition) is 4. The molecule has 3 rings (SSSR count). The first-order valence-corrected chi connectivity index (χ1v) is 11.3. The van der Waals surface area contributed by atoms with Crippen molar-refractivity contribution in [2.24, 2.45) is 13.0 Å². The molecule has 7 heteroatoms. The summed E-state index contributed by atoms with van der Waals surface area (Å²) in [4.78, 5) is 17.2. The minimum absolute atomic E-state index is 0.225. The number of rotatable bonds is 8. The third-order valence-corrected chi connectivity index (χ3v) is 7.05. The van der Waals surface area contributed by atoms with Gasteiger partial charge in [0.05, 0.1) is 5.69 Å². The lowest BCUT2D eigenvalue weighted by Gasteiger charge is -2.32. The molecule has 0 aromatic carbocycles. The second-order valence-electron chi connectivity index (χ2n) is 8.47. The van der Waals surface area contributed by atoms with Crippen LogP contribution in [0.25, 0.3) is 0 Å². The van der Waals surface area contributed by atoms with Crippen LogP contribution < -0.4 is 5.32 Å². The molecule has 6 nitrogen and oxygen atoms in total. The monoisotopic (exact) mass is 409 g/mol. The van der Waals surface area contributed by atoms with E-state index in [0.29, 0.717) is 18.4 Å². The Labute approximate surface area is 174 Å². The molecule has 2 aliphatic rings. The zero-order valence-electron chi connectivity index (χ0n) is 17.7. The highest BCUT2D eigenvalue weighted by atomic mass is 35.5. The summed E-state index contributed by atoms with van der Waals surface area (Å²) < 4.78 is 1.75. The first kappa shape index (κ1) is 21.6. The number of likely N-dealkylation sites (tertiary alicyclic amines) is 2. The topological polar surface area (TPSA) is 53.4 Å². The number of carbonyl (C=O) groups excluding carboxylic acids is 1. The van der Waals surface area contributed by atoms with Crippen LogP contribution >= 0.6 is 11.6 Å². The molecule has 1 aromatic rings. The maximum Gasteiger partial charge on any atom is 0.220 e. The number of nitrogens with one attached hydrogen (secondary N) is 1. The van der Waals surface area contributed by atoms with Gasteiger partial charge in [0.2, 0.25) is 5.91 Å². The molecular weight excluding hydrogens is 374 g/mol. The largest absolute Gasteiger partial charge is 0.355 e. The van der Waals surface area contributed by atoms with Crippen molar-refractivity contribution in [1.29, 1.82) is 0 Å². The van der Waals surface area contributed by atoms with E-state index in [1.807, 2.05) is 14.0 Å². The molecule has 2 aliphatic heterocycles. The molecule has 1 N–H and O–H groups in total. The Kier molecular flexibility index (Phi) is 7.77. The number of amides is 1. The lowest BCUT2D eigenvalue weighted by Crippen LogP contribution is -2.40. The van der Waals surface area contributed by atoms with Crippen LogP contribution in [0.4, 0.5) is 0 Å². The Morgan fingerprint density at radius 3 is 2.64 bits per heavy atom. The normalized spacial score (nSPS) is 22.1. The number of carbonyl (C=O) groups is 1. The summed E-state index contributed by atoms with van der Waals surface area (Å²) in [7, 11) is 1.89. The summed E-state index contributed by atoms with van der Waals surface area (Å²) in [5, 5.41) is 8.33. The third kappa shape index (κ3) is 5.49. The van der Waals surface area contributed by atoms with E-state index in [2.05, 4.69) is 27.1 Å². The molecule has 0 bridgehead atoms. The molecule has 1 unspecified atom stereocenters. The van der Waals surface area contributed by atoms with Crippen LogP contribution in [-0.2, 0) is 18.4 Å². The molecule has 0 spiro atoms. The van der Waals surface area contributed by atoms with Gasteiger partial charge in [0.15, 0.2) is 0 Å². The van der Waals surface area contributed by atoms with Gasteiger partial charge in [0.25, 0.3) is 0 Å². The van der Waals surface area contributed by atoms with Gasteiger partial charge in [-0.15, -0.1) is 0 Å². The highest BCUT2D eigenvalue weighted by molar-refractivity contribution is 6.30. The Hall–Kier alpha value is -1.11. The average Bonchev–Trinajstić information content (AvgIpc) is 3.25. The molecule has 2 saturated heterocycles. The predicted octanol–water partition coefficient (Wildman–Crippen LogP) is 2.97. The molecule has 0 aliphatic carbocycles. The lowest BCUT2D eigenvalue weighted by atomic mass is 9.92. The molecule has 1 amide bonds. The predicted molar refractivity (Wildman–Crippen MR) is 113 cm³/mol. The van der Waals surface area contributed by atoms with Crippen molar-refractivity contribution in [2.45, 2.75) is 65.0 Å². The minimum atomic E-state index is 0.225. The number of nitrogens with zero attached hydrogens (tertiary/aromatic N) is 4. The van der Waals surface area contributed by atoms with Crippen molar-refractivity contribution in [3.8, 4) is 0 Å². The SMILES string of the molecule is CCN1CCCC1CNC(=O)CCC1CCN(Cc2c(C)nn(C)c2Cl)CC1. The Bertz CT molecular complexity index is 653. The van der Waals surface area contributed by atoms with E-state index < -0.39 is 0 Å². The standard InChI is InChI=1S/C21H36ClN5O/c1-4-27-11-5-6-18(27)14-23-20(28)8-7-17-9-12-26(13-10-17)15-19-16(2)24-25(3)21(19)22/h17-18H,4-15H2,1-3H3,(H,23,28). The van der Waals surface area contributed by atoms with E-state index in [-0.39, 0.29) is 5.91 Å². The second kappa shape index (κ2) is 10.1. The Balaban J connectivity index is 1.33. The van der Waals surface area contributed by atoms with Crippen molar-refractivity contribution < 1.29 is 4.79 Å². The lowest BCUT2D eigenvalue weighted by molar-refractivity contribution is -0.121. The third-order valence-electron chi connectivity index (χ3n) is 6.58. The van der Waals surface area contributed by atoms with E-state index in [1.54, 1.807) is 4.68 Å². The van der Waals surface area contributed by atoms with Crippen LogP contribution in [-0.4, -0.2) is 64.3 Å². The maximum absolute atomic E-state index is 12.3. The van der Waals surface area contributed by atoms with Crippen LogP contribution in [0.3, 0.4) is 0 Å². The zero-order chi connectivity index (χ0) is 20.1. The van der Waals surface area contributed by atoms with Gasteiger partial charge in [-0.2, -0.15) is 5.10 Å². The molecular formula is C21H36ClN5O. The van der Waals surface area contributed by atoms with Crippen LogP contribution in [0.2, 0.25) is 5.15 Å². The molecule has 3 heterocycles. The van der Waals surface area contributed by atoms with Gasteiger partial charge < -0.3 is 5.32 Å². The van der Waals surface area contributed by atoms with Crippen LogP contribution in [0, 0.1) is 12.8 Å². The van der Waals surface area contributed by atoms with E-state index in [9.17, 15) is 4.79 Å². The molecule has 158 valence electrons. The number of aromatic nitrogens is 2. The fourth-order valence-electron chi connectivity index (χ4n) is 4.71. The smallest absolute Gasteiger partial charge is 0.220 e. The maximum atomic E-state index is 12.3. The van der Waals surface area contributed by atoms with Crippen LogP contribution in [0.5, 0.6) is 0 Å². The highest BCUT2D eigenvalue weighted by Gasteiger charge is 2.24. The molecule has 1 atom stereocenters. The summed E-state index contributed by atoms with van der Waals surface area (Å²) in [5.41, 5.74) is 2.17. The molecule has 28 heavy (non-hydrogen) atoms. The zero-order valence-corrected chi connectivity index (χ0v) is 18.5. The van der Waals surface area contributed by atoms with E-state index in [4.69, 9.17) is 11.6 Å². The quantitative estimate of drug-likeness (QED) is 0.717. The fourth-order valence-corrected chi connectivity index (χ4v) is 4.94. The van der Waals surface area contributed by atoms with Crippen LogP contribution in [0.15, 0.2) is 0 Å². The van der Waals surface area contributed by atoms with Crippen molar-refractivity contribution >= 4 is 17.5 Å². The molecule has 0 saturated carbocycles. The van der Waals surface area contributed by atoms with Crippen molar-refractivity contribution in [2.75, 3.05) is 32.7 Å². The van der Waals surface area contributed by atoms with E-state index >= 15 is 0 Å². The number of aryl methyl sites for hydroxylation is 2. The number of hydrogen-bond donors (Lipinski definition) is 1. The second-order valence-corrected chi connectivity index (χ2v) is 8.82. The van der Waals surface area contributed by atoms with Gasteiger partial charge in [-0.05, 0) is 71.1 Å². The van der Waals surface area contributed by atoms with Gasteiger partial charge in [-0.3, -0.25) is 19.3 Å². The summed E-state index contributed by atoms with van der Waals surface area (Å²) in [6, 6.07) is 0.542. The number of halogens is 1. The van der Waals surface area contributed by atoms with E-state index in [1.165, 1.54) is 19.4 Å².